The van der Waals surface area contributed by atoms with E-state index in [-0.39, 0.29) is 19.1 Å². The van der Waals surface area contributed by atoms with Gasteiger partial charge < -0.3 is 15.2 Å². The van der Waals surface area contributed by atoms with Crippen molar-refractivity contribution in [2.75, 3.05) is 13.2 Å². The molecule has 0 aliphatic heterocycles. The summed E-state index contributed by atoms with van der Waals surface area (Å²) in [7, 11) is 0. The molecule has 5 nitrogen and oxygen atoms in total. The number of fused-ring (bicyclic) bond motifs is 1. The highest BCUT2D eigenvalue weighted by molar-refractivity contribution is 5.80. The summed E-state index contributed by atoms with van der Waals surface area (Å²) in [4.78, 5) is 23.5. The first kappa shape index (κ1) is 18.0. The van der Waals surface area contributed by atoms with Gasteiger partial charge in [0.25, 0.3) is 5.91 Å². The number of carbonyl (C=O) groups excluding carboxylic acids is 1. The third kappa shape index (κ3) is 4.63. The molecule has 2 aromatic rings. The third-order valence-corrected chi connectivity index (χ3v) is 4.69. The van der Waals surface area contributed by atoms with E-state index in [9.17, 15) is 14.7 Å². The summed E-state index contributed by atoms with van der Waals surface area (Å²) in [6.45, 7) is -0.0916. The highest BCUT2D eigenvalue weighted by Crippen LogP contribution is 2.25. The van der Waals surface area contributed by atoms with Crippen LogP contribution in [0.25, 0.3) is 0 Å². The molecule has 0 bridgehead atoms. The zero-order chi connectivity index (χ0) is 18.4. The number of benzene rings is 2. The number of ether oxygens (including phenoxy) is 1. The van der Waals surface area contributed by atoms with Gasteiger partial charge in [-0.2, -0.15) is 0 Å². The Morgan fingerprint density at radius 1 is 1.04 bits per heavy atom. The van der Waals surface area contributed by atoms with Gasteiger partial charge in [-0.25, -0.2) is 0 Å². The highest BCUT2D eigenvalue weighted by atomic mass is 16.5. The maximum absolute atomic E-state index is 12.0. The van der Waals surface area contributed by atoms with E-state index in [2.05, 4.69) is 11.4 Å². The zero-order valence-corrected chi connectivity index (χ0v) is 14.6. The third-order valence-electron chi connectivity index (χ3n) is 4.69. The molecule has 26 heavy (non-hydrogen) atoms. The van der Waals surface area contributed by atoms with Crippen molar-refractivity contribution in [1.82, 2.24) is 5.32 Å². The first-order chi connectivity index (χ1) is 12.6. The van der Waals surface area contributed by atoms with Crippen molar-refractivity contribution in [2.45, 2.75) is 31.6 Å². The van der Waals surface area contributed by atoms with Gasteiger partial charge in [0.05, 0.1) is 5.92 Å². The van der Waals surface area contributed by atoms with E-state index in [1.54, 1.807) is 24.3 Å². The summed E-state index contributed by atoms with van der Waals surface area (Å²) in [5.74, 6) is -1.39. The number of amides is 1. The van der Waals surface area contributed by atoms with Crippen molar-refractivity contribution in [3.8, 4) is 5.75 Å². The van der Waals surface area contributed by atoms with Crippen molar-refractivity contribution in [3.05, 3.63) is 65.2 Å². The molecular formula is C21H23NO4. The number of nitrogens with one attached hydrogen (secondary N) is 1. The molecule has 3 rings (SSSR count). The average Bonchev–Trinajstić information content (AvgIpc) is 2.67. The van der Waals surface area contributed by atoms with E-state index in [1.807, 2.05) is 18.2 Å². The van der Waals surface area contributed by atoms with Crippen LogP contribution in [-0.4, -0.2) is 30.1 Å². The van der Waals surface area contributed by atoms with Gasteiger partial charge in [-0.1, -0.05) is 36.4 Å². The molecule has 1 amide bonds. The molecule has 1 unspecified atom stereocenters. The van der Waals surface area contributed by atoms with E-state index in [0.29, 0.717) is 11.3 Å². The predicted molar refractivity (Wildman–Crippen MR) is 98.4 cm³/mol. The minimum absolute atomic E-state index is 0.0335. The lowest BCUT2D eigenvalue weighted by molar-refractivity contribution is -0.138. The summed E-state index contributed by atoms with van der Waals surface area (Å²) < 4.78 is 5.57. The summed E-state index contributed by atoms with van der Waals surface area (Å²) >= 11 is 0. The molecule has 5 heteroatoms. The molecule has 0 spiro atoms. The second-order valence-corrected chi connectivity index (χ2v) is 6.53. The Bertz CT molecular complexity index is 773. The second kappa shape index (κ2) is 8.52. The lowest BCUT2D eigenvalue weighted by Gasteiger charge is -2.17. The van der Waals surface area contributed by atoms with Gasteiger partial charge in [0.2, 0.25) is 0 Å². The lowest BCUT2D eigenvalue weighted by atomic mass is 9.92. The molecule has 2 N–H and O–H groups in total. The summed E-state index contributed by atoms with van der Waals surface area (Å²) in [6.07, 6.45) is 4.57. The number of aliphatic carboxylic acids is 1. The molecule has 0 saturated carbocycles. The van der Waals surface area contributed by atoms with Gasteiger partial charge in [-0.05, 0) is 54.5 Å². The van der Waals surface area contributed by atoms with Gasteiger partial charge in [-0.3, -0.25) is 9.59 Å². The van der Waals surface area contributed by atoms with Crippen LogP contribution in [0, 0.1) is 0 Å². The van der Waals surface area contributed by atoms with E-state index in [4.69, 9.17) is 4.74 Å². The van der Waals surface area contributed by atoms with Crippen LogP contribution in [0.4, 0.5) is 0 Å². The van der Waals surface area contributed by atoms with Crippen LogP contribution in [0.15, 0.2) is 48.5 Å². The van der Waals surface area contributed by atoms with Crippen molar-refractivity contribution in [2.24, 2.45) is 0 Å². The fourth-order valence-electron chi connectivity index (χ4n) is 3.25. The van der Waals surface area contributed by atoms with Crippen LogP contribution < -0.4 is 10.1 Å². The lowest BCUT2D eigenvalue weighted by Crippen LogP contribution is -2.34. The van der Waals surface area contributed by atoms with E-state index in [0.717, 1.165) is 12.8 Å². The first-order valence-corrected chi connectivity index (χ1v) is 8.92. The molecule has 1 aliphatic rings. The first-order valence-electron chi connectivity index (χ1n) is 8.92. The Balaban J connectivity index is 1.51. The standard InChI is InChI=1S/C21H23NO4/c23-20(22-13-19(21(24)25)16-7-2-1-3-8-16)14-26-18-11-10-15-6-4-5-9-17(15)12-18/h1-3,7-8,10-12,19H,4-6,9,13-14H2,(H,22,23)(H,24,25). The topological polar surface area (TPSA) is 75.6 Å². The van der Waals surface area contributed by atoms with Gasteiger partial charge >= 0.3 is 5.97 Å². The zero-order valence-electron chi connectivity index (χ0n) is 14.6. The summed E-state index contributed by atoms with van der Waals surface area (Å²) in [5.41, 5.74) is 3.32. The second-order valence-electron chi connectivity index (χ2n) is 6.53. The SMILES string of the molecule is O=C(COc1ccc2c(c1)CCCC2)NCC(C(=O)O)c1ccccc1. The van der Waals surface area contributed by atoms with Crippen LogP contribution in [0.3, 0.4) is 0 Å². The van der Waals surface area contributed by atoms with Crippen molar-refractivity contribution in [1.29, 1.82) is 0 Å². The average molecular weight is 353 g/mol. The minimum atomic E-state index is -0.966. The molecule has 1 atom stereocenters. The normalized spacial score (nSPS) is 14.2. The van der Waals surface area contributed by atoms with Gasteiger partial charge in [0.1, 0.15) is 5.75 Å². The van der Waals surface area contributed by atoms with Gasteiger partial charge in [0, 0.05) is 6.54 Å². The number of carboxylic acid groups (broad SMARTS) is 1. The number of hydrogen-bond donors (Lipinski definition) is 2. The predicted octanol–water partition coefficient (Wildman–Crippen LogP) is 2.93. The van der Waals surface area contributed by atoms with Crippen LogP contribution in [0.1, 0.15) is 35.4 Å². The fourth-order valence-corrected chi connectivity index (χ4v) is 3.25. The van der Waals surface area contributed by atoms with E-state index >= 15 is 0 Å². The van der Waals surface area contributed by atoms with Crippen molar-refractivity contribution < 1.29 is 19.4 Å². The Labute approximate surface area is 153 Å². The van der Waals surface area contributed by atoms with Crippen molar-refractivity contribution in [3.63, 3.8) is 0 Å². The van der Waals surface area contributed by atoms with Gasteiger partial charge in [0.15, 0.2) is 6.61 Å². The number of carboxylic acids is 1. The van der Waals surface area contributed by atoms with Crippen LogP contribution in [0.5, 0.6) is 5.75 Å². The Morgan fingerprint density at radius 2 is 1.77 bits per heavy atom. The molecule has 0 saturated heterocycles. The molecule has 0 fully saturated rings. The Morgan fingerprint density at radius 3 is 2.50 bits per heavy atom. The molecule has 2 aromatic carbocycles. The van der Waals surface area contributed by atoms with Crippen molar-refractivity contribution >= 4 is 11.9 Å². The fraction of sp³-hybridized carbons (Fsp3) is 0.333. The number of hydrogen-bond acceptors (Lipinski definition) is 3. The quantitative estimate of drug-likeness (QED) is 0.802. The van der Waals surface area contributed by atoms with Crippen LogP contribution >= 0.6 is 0 Å². The number of rotatable bonds is 7. The molecule has 0 aromatic heterocycles. The molecule has 0 radical (unpaired) electrons. The largest absolute Gasteiger partial charge is 0.484 e. The monoisotopic (exact) mass is 353 g/mol. The molecular weight excluding hydrogens is 330 g/mol. The Hall–Kier alpha value is -2.82. The Kier molecular flexibility index (Phi) is 5.89. The highest BCUT2D eigenvalue weighted by Gasteiger charge is 2.20. The smallest absolute Gasteiger partial charge is 0.312 e. The number of aryl methyl sites for hydroxylation is 2. The van der Waals surface area contributed by atoms with Crippen LogP contribution in [-0.2, 0) is 22.4 Å². The van der Waals surface area contributed by atoms with Crippen LogP contribution in [0.2, 0.25) is 0 Å². The molecule has 136 valence electrons. The molecule has 0 heterocycles. The minimum Gasteiger partial charge on any atom is -0.484 e. The maximum Gasteiger partial charge on any atom is 0.312 e. The number of carbonyl (C=O) groups is 2. The van der Waals surface area contributed by atoms with E-state index in [1.165, 1.54) is 24.0 Å². The molecule has 1 aliphatic carbocycles. The summed E-state index contributed by atoms with van der Waals surface area (Å²) in [5, 5.41) is 12.0. The summed E-state index contributed by atoms with van der Waals surface area (Å²) in [6, 6.07) is 14.8. The van der Waals surface area contributed by atoms with Gasteiger partial charge in [-0.15, -0.1) is 0 Å². The van der Waals surface area contributed by atoms with E-state index < -0.39 is 11.9 Å². The maximum atomic E-state index is 12.0.